The SMILES string of the molecule is COc1ccc(N2C(=O)c3ccc(Cl)cc3C2(C)C(=O)N2CCC3(CC2)OCCO3)cc1. The molecule has 1 unspecified atom stereocenters. The summed E-state index contributed by atoms with van der Waals surface area (Å²) in [7, 11) is 1.59. The Labute approximate surface area is 191 Å². The van der Waals surface area contributed by atoms with Gasteiger partial charge in [0, 0.05) is 47.8 Å². The lowest BCUT2D eigenvalue weighted by atomic mass is 9.88. The third-order valence-electron chi connectivity index (χ3n) is 6.76. The smallest absolute Gasteiger partial charge is 0.259 e. The van der Waals surface area contributed by atoms with Crippen LogP contribution >= 0.6 is 11.6 Å². The number of rotatable bonds is 3. The first-order chi connectivity index (χ1) is 15.4. The van der Waals surface area contributed by atoms with Crippen molar-refractivity contribution in [1.29, 1.82) is 0 Å². The number of hydrogen-bond acceptors (Lipinski definition) is 5. The summed E-state index contributed by atoms with van der Waals surface area (Å²) in [5.74, 6) is -0.281. The fourth-order valence-corrected chi connectivity index (χ4v) is 5.18. The van der Waals surface area contributed by atoms with E-state index in [1.54, 1.807) is 66.3 Å². The molecule has 5 rings (SSSR count). The molecule has 1 atom stereocenters. The molecule has 3 aliphatic heterocycles. The summed E-state index contributed by atoms with van der Waals surface area (Å²) in [6.07, 6.45) is 1.21. The van der Waals surface area contributed by atoms with Gasteiger partial charge in [0.25, 0.3) is 11.8 Å². The van der Waals surface area contributed by atoms with Gasteiger partial charge in [0.1, 0.15) is 11.3 Å². The predicted molar refractivity (Wildman–Crippen MR) is 119 cm³/mol. The zero-order valence-corrected chi connectivity index (χ0v) is 18.9. The van der Waals surface area contributed by atoms with Crippen LogP contribution < -0.4 is 9.64 Å². The van der Waals surface area contributed by atoms with Crippen LogP contribution in [0.4, 0.5) is 5.69 Å². The van der Waals surface area contributed by atoms with Gasteiger partial charge < -0.3 is 19.1 Å². The van der Waals surface area contributed by atoms with Crippen LogP contribution in [0.2, 0.25) is 5.02 Å². The second-order valence-corrected chi connectivity index (χ2v) is 8.94. The third kappa shape index (κ3) is 3.18. The van der Waals surface area contributed by atoms with Crippen molar-refractivity contribution in [3.05, 3.63) is 58.6 Å². The predicted octanol–water partition coefficient (Wildman–Crippen LogP) is 3.59. The molecule has 0 aromatic heterocycles. The number of amides is 2. The van der Waals surface area contributed by atoms with Crippen molar-refractivity contribution in [3.8, 4) is 5.75 Å². The summed E-state index contributed by atoms with van der Waals surface area (Å²) >= 11 is 6.30. The van der Waals surface area contributed by atoms with E-state index in [2.05, 4.69) is 0 Å². The highest BCUT2D eigenvalue weighted by atomic mass is 35.5. The number of carbonyl (C=O) groups is 2. The molecule has 2 saturated heterocycles. The second-order valence-electron chi connectivity index (χ2n) is 8.50. The van der Waals surface area contributed by atoms with Crippen LogP contribution in [0.15, 0.2) is 42.5 Å². The minimum atomic E-state index is -1.23. The van der Waals surface area contributed by atoms with Gasteiger partial charge in [-0.2, -0.15) is 0 Å². The van der Waals surface area contributed by atoms with Crippen LogP contribution in [0.25, 0.3) is 0 Å². The number of fused-ring (bicyclic) bond motifs is 1. The van der Waals surface area contributed by atoms with E-state index in [4.69, 9.17) is 25.8 Å². The number of hydrogen-bond donors (Lipinski definition) is 0. The van der Waals surface area contributed by atoms with Crippen LogP contribution in [0.5, 0.6) is 5.75 Å². The summed E-state index contributed by atoms with van der Waals surface area (Å²) in [4.78, 5) is 30.9. The molecule has 0 radical (unpaired) electrons. The molecule has 1 spiro atoms. The summed E-state index contributed by atoms with van der Waals surface area (Å²) in [5, 5.41) is 0.484. The van der Waals surface area contributed by atoms with Gasteiger partial charge >= 0.3 is 0 Å². The van der Waals surface area contributed by atoms with E-state index < -0.39 is 11.3 Å². The first-order valence-electron chi connectivity index (χ1n) is 10.7. The fraction of sp³-hybridized carbons (Fsp3) is 0.417. The highest BCUT2D eigenvalue weighted by molar-refractivity contribution is 6.31. The van der Waals surface area contributed by atoms with Crippen LogP contribution in [0.1, 0.15) is 35.7 Å². The topological polar surface area (TPSA) is 68.3 Å². The van der Waals surface area contributed by atoms with Crippen molar-refractivity contribution in [1.82, 2.24) is 4.90 Å². The number of piperidine rings is 1. The molecular formula is C24H25ClN2O5. The zero-order valence-electron chi connectivity index (χ0n) is 18.1. The van der Waals surface area contributed by atoms with E-state index in [9.17, 15) is 9.59 Å². The number of benzene rings is 2. The van der Waals surface area contributed by atoms with E-state index in [0.717, 1.165) is 0 Å². The molecule has 0 bridgehead atoms. The lowest BCUT2D eigenvalue weighted by Crippen LogP contribution is -2.57. The van der Waals surface area contributed by atoms with Gasteiger partial charge in [0.05, 0.1) is 20.3 Å². The Morgan fingerprint density at radius 3 is 2.34 bits per heavy atom. The van der Waals surface area contributed by atoms with Crippen molar-refractivity contribution in [3.63, 3.8) is 0 Å². The maximum atomic E-state index is 14.0. The van der Waals surface area contributed by atoms with Crippen molar-refractivity contribution in [2.75, 3.05) is 38.3 Å². The molecule has 2 aromatic carbocycles. The van der Waals surface area contributed by atoms with Gasteiger partial charge in [-0.15, -0.1) is 0 Å². The normalized spacial score (nSPS) is 24.2. The standard InChI is InChI=1S/C24H25ClN2O5/c1-23(22(29)26-11-9-24(10-12-26)31-13-14-32-24)20-15-16(25)3-8-19(20)21(28)27(23)17-4-6-18(30-2)7-5-17/h3-8,15H,9-14H2,1-2H3. The number of anilines is 1. The molecular weight excluding hydrogens is 432 g/mol. The van der Waals surface area contributed by atoms with Gasteiger partial charge in [0.15, 0.2) is 5.79 Å². The molecule has 0 saturated carbocycles. The molecule has 8 heteroatoms. The molecule has 2 amide bonds. The van der Waals surface area contributed by atoms with Gasteiger partial charge in [-0.1, -0.05) is 11.6 Å². The first-order valence-corrected chi connectivity index (χ1v) is 11.1. The van der Waals surface area contributed by atoms with Crippen molar-refractivity contribution >= 4 is 29.1 Å². The van der Waals surface area contributed by atoms with E-state index in [0.29, 0.717) is 66.7 Å². The average molecular weight is 457 g/mol. The highest BCUT2D eigenvalue weighted by Crippen LogP contribution is 2.45. The van der Waals surface area contributed by atoms with Gasteiger partial charge in [-0.25, -0.2) is 0 Å². The van der Waals surface area contributed by atoms with Crippen molar-refractivity contribution in [2.24, 2.45) is 0 Å². The summed E-state index contributed by atoms with van der Waals surface area (Å²) in [5.41, 5.74) is 0.491. The summed E-state index contributed by atoms with van der Waals surface area (Å²) in [6, 6.07) is 12.2. The number of methoxy groups -OCH3 is 1. The lowest BCUT2D eigenvalue weighted by Gasteiger charge is -2.43. The van der Waals surface area contributed by atoms with Crippen LogP contribution in [0, 0.1) is 0 Å². The maximum absolute atomic E-state index is 14.0. The first kappa shape index (κ1) is 21.2. The molecule has 2 aromatic rings. The van der Waals surface area contributed by atoms with Gasteiger partial charge in [-0.05, 0) is 49.4 Å². The molecule has 3 heterocycles. The fourth-order valence-electron chi connectivity index (χ4n) is 5.01. The van der Waals surface area contributed by atoms with Crippen molar-refractivity contribution in [2.45, 2.75) is 31.1 Å². The summed E-state index contributed by atoms with van der Waals surface area (Å²) < 4.78 is 16.9. The molecule has 3 aliphatic rings. The van der Waals surface area contributed by atoms with E-state index >= 15 is 0 Å². The Balaban J connectivity index is 1.53. The number of nitrogens with zero attached hydrogens (tertiary/aromatic N) is 2. The Morgan fingerprint density at radius 1 is 1.06 bits per heavy atom. The Hall–Kier alpha value is -2.61. The Kier molecular flexibility index (Phi) is 5.15. The molecule has 0 aliphatic carbocycles. The minimum absolute atomic E-state index is 0.143. The number of likely N-dealkylation sites (tertiary alicyclic amines) is 1. The van der Waals surface area contributed by atoms with Crippen LogP contribution in [-0.2, 0) is 19.8 Å². The maximum Gasteiger partial charge on any atom is 0.259 e. The van der Waals surface area contributed by atoms with Gasteiger partial charge in [-0.3, -0.25) is 14.5 Å². The highest BCUT2D eigenvalue weighted by Gasteiger charge is 2.55. The minimum Gasteiger partial charge on any atom is -0.497 e. The molecule has 2 fully saturated rings. The van der Waals surface area contributed by atoms with Crippen molar-refractivity contribution < 1.29 is 23.8 Å². The molecule has 0 N–H and O–H groups in total. The monoisotopic (exact) mass is 456 g/mol. The largest absolute Gasteiger partial charge is 0.497 e. The quantitative estimate of drug-likeness (QED) is 0.706. The Bertz CT molecular complexity index is 1060. The van der Waals surface area contributed by atoms with E-state index in [-0.39, 0.29) is 11.8 Å². The Morgan fingerprint density at radius 2 is 1.72 bits per heavy atom. The molecule has 32 heavy (non-hydrogen) atoms. The van der Waals surface area contributed by atoms with Gasteiger partial charge in [0.2, 0.25) is 0 Å². The van der Waals surface area contributed by atoms with E-state index in [1.165, 1.54) is 0 Å². The van der Waals surface area contributed by atoms with Crippen LogP contribution in [-0.4, -0.2) is 55.9 Å². The lowest BCUT2D eigenvalue weighted by molar-refractivity contribution is -0.188. The summed E-state index contributed by atoms with van der Waals surface area (Å²) in [6.45, 7) is 3.95. The molecule has 168 valence electrons. The average Bonchev–Trinajstić information content (AvgIpc) is 3.35. The molecule has 7 nitrogen and oxygen atoms in total. The zero-order chi connectivity index (χ0) is 22.5. The number of halogens is 1. The second kappa shape index (κ2) is 7.76. The number of carbonyl (C=O) groups excluding carboxylic acids is 2. The third-order valence-corrected chi connectivity index (χ3v) is 6.99. The van der Waals surface area contributed by atoms with Crippen LogP contribution in [0.3, 0.4) is 0 Å². The van der Waals surface area contributed by atoms with E-state index in [1.807, 2.05) is 0 Å². The number of ether oxygens (including phenoxy) is 3.